The fourth-order valence-corrected chi connectivity index (χ4v) is 3.59. The van der Waals surface area contributed by atoms with Gasteiger partial charge in [0.15, 0.2) is 0 Å². The van der Waals surface area contributed by atoms with Crippen LogP contribution in [-0.4, -0.2) is 61.0 Å². The summed E-state index contributed by atoms with van der Waals surface area (Å²) in [5.41, 5.74) is 5.06. The first kappa shape index (κ1) is 20.4. The molecule has 2 amide bonds. The monoisotopic (exact) mass is 380 g/mol. The van der Waals surface area contributed by atoms with Crippen LogP contribution >= 0.6 is 0 Å². The standard InChI is InChI=1S/C23H32N4O/c1-19-5-4-6-22(15-19)18-26-11-13-27(14-12-26)23(28)24-16-20-7-9-21(10-8-20)17-25(2)3/h4-10,15H,11-14,16-18H2,1-3H3,(H,24,28). The SMILES string of the molecule is Cc1cccc(CN2CCN(C(=O)NCc3ccc(CN(C)C)cc3)CC2)c1. The van der Waals surface area contributed by atoms with Gasteiger partial charge >= 0.3 is 6.03 Å². The Labute approximate surface area is 168 Å². The molecule has 1 fully saturated rings. The first-order chi connectivity index (χ1) is 13.5. The predicted octanol–water partition coefficient (Wildman–Crippen LogP) is 3.08. The van der Waals surface area contributed by atoms with E-state index in [2.05, 4.69) is 84.7 Å². The molecule has 1 heterocycles. The number of hydrogen-bond acceptors (Lipinski definition) is 3. The van der Waals surface area contributed by atoms with Crippen LogP contribution in [0.4, 0.5) is 4.79 Å². The van der Waals surface area contributed by atoms with Crippen LogP contribution in [0.2, 0.25) is 0 Å². The molecule has 150 valence electrons. The Morgan fingerprint density at radius 2 is 1.64 bits per heavy atom. The minimum Gasteiger partial charge on any atom is -0.334 e. The summed E-state index contributed by atoms with van der Waals surface area (Å²) in [4.78, 5) is 19.0. The van der Waals surface area contributed by atoms with Gasteiger partial charge in [-0.1, -0.05) is 54.1 Å². The van der Waals surface area contributed by atoms with Gasteiger partial charge in [0.05, 0.1) is 0 Å². The lowest BCUT2D eigenvalue weighted by Gasteiger charge is -2.34. The summed E-state index contributed by atoms with van der Waals surface area (Å²) in [6.45, 7) is 7.97. The smallest absolute Gasteiger partial charge is 0.317 e. The van der Waals surface area contributed by atoms with E-state index in [0.29, 0.717) is 6.54 Å². The Morgan fingerprint density at radius 1 is 0.964 bits per heavy atom. The van der Waals surface area contributed by atoms with Crippen molar-refractivity contribution in [3.63, 3.8) is 0 Å². The molecule has 0 unspecified atom stereocenters. The highest BCUT2D eigenvalue weighted by atomic mass is 16.2. The number of nitrogens with zero attached hydrogens (tertiary/aromatic N) is 3. The van der Waals surface area contributed by atoms with Crippen molar-refractivity contribution in [3.05, 3.63) is 70.8 Å². The van der Waals surface area contributed by atoms with Crippen molar-refractivity contribution >= 4 is 6.03 Å². The molecule has 2 aromatic rings. The molecule has 0 aromatic heterocycles. The van der Waals surface area contributed by atoms with Crippen LogP contribution in [-0.2, 0) is 19.6 Å². The van der Waals surface area contributed by atoms with Gasteiger partial charge in [-0.15, -0.1) is 0 Å². The van der Waals surface area contributed by atoms with Gasteiger partial charge in [0.2, 0.25) is 0 Å². The van der Waals surface area contributed by atoms with Crippen LogP contribution in [0.1, 0.15) is 22.3 Å². The van der Waals surface area contributed by atoms with Gasteiger partial charge in [0, 0.05) is 45.8 Å². The molecule has 1 aliphatic heterocycles. The Kier molecular flexibility index (Phi) is 7.06. The lowest BCUT2D eigenvalue weighted by Crippen LogP contribution is -2.51. The maximum Gasteiger partial charge on any atom is 0.317 e. The second-order valence-corrected chi connectivity index (χ2v) is 7.97. The zero-order valence-corrected chi connectivity index (χ0v) is 17.3. The van der Waals surface area contributed by atoms with Crippen molar-refractivity contribution in [2.24, 2.45) is 0 Å². The molecule has 0 aliphatic carbocycles. The number of piperazine rings is 1. The number of nitrogens with one attached hydrogen (secondary N) is 1. The molecule has 2 aromatic carbocycles. The average Bonchev–Trinajstić information content (AvgIpc) is 2.67. The average molecular weight is 381 g/mol. The van der Waals surface area contributed by atoms with Crippen molar-refractivity contribution in [1.82, 2.24) is 20.0 Å². The number of hydrogen-bond donors (Lipinski definition) is 1. The third kappa shape index (κ3) is 6.08. The maximum atomic E-state index is 12.5. The Hall–Kier alpha value is -2.37. The van der Waals surface area contributed by atoms with Crippen molar-refractivity contribution in [1.29, 1.82) is 0 Å². The predicted molar refractivity (Wildman–Crippen MR) is 114 cm³/mol. The van der Waals surface area contributed by atoms with E-state index in [0.717, 1.165) is 44.8 Å². The highest BCUT2D eigenvalue weighted by Crippen LogP contribution is 2.11. The summed E-state index contributed by atoms with van der Waals surface area (Å²) >= 11 is 0. The third-order valence-electron chi connectivity index (χ3n) is 5.11. The van der Waals surface area contributed by atoms with Crippen LogP contribution in [0, 0.1) is 6.92 Å². The number of benzene rings is 2. The maximum absolute atomic E-state index is 12.5. The Bertz CT molecular complexity index is 764. The third-order valence-corrected chi connectivity index (χ3v) is 5.11. The summed E-state index contributed by atoms with van der Waals surface area (Å²) in [6, 6.07) is 17.1. The minimum absolute atomic E-state index is 0.0348. The largest absolute Gasteiger partial charge is 0.334 e. The number of carbonyl (C=O) groups excluding carboxylic acids is 1. The van der Waals surface area contributed by atoms with E-state index in [1.54, 1.807) is 0 Å². The van der Waals surface area contributed by atoms with E-state index in [4.69, 9.17) is 0 Å². The molecule has 5 heteroatoms. The zero-order chi connectivity index (χ0) is 19.9. The normalized spacial score (nSPS) is 15.1. The molecule has 0 spiro atoms. The summed E-state index contributed by atoms with van der Waals surface area (Å²) in [7, 11) is 4.13. The molecule has 1 aliphatic rings. The van der Waals surface area contributed by atoms with Gasteiger partial charge in [0.25, 0.3) is 0 Å². The summed E-state index contributed by atoms with van der Waals surface area (Å²) < 4.78 is 0. The number of urea groups is 1. The molecule has 3 rings (SSSR count). The van der Waals surface area contributed by atoms with Crippen LogP contribution < -0.4 is 5.32 Å². The van der Waals surface area contributed by atoms with E-state index in [-0.39, 0.29) is 6.03 Å². The van der Waals surface area contributed by atoms with Crippen molar-refractivity contribution in [3.8, 4) is 0 Å². The number of aryl methyl sites for hydroxylation is 1. The first-order valence-corrected chi connectivity index (χ1v) is 10.0. The number of rotatable bonds is 6. The van der Waals surface area contributed by atoms with Crippen molar-refractivity contribution in [2.75, 3.05) is 40.3 Å². The molecule has 1 N–H and O–H groups in total. The van der Waals surface area contributed by atoms with Gasteiger partial charge in [0.1, 0.15) is 0 Å². The summed E-state index contributed by atoms with van der Waals surface area (Å²) in [5, 5.41) is 3.06. The molecule has 5 nitrogen and oxygen atoms in total. The molecule has 0 saturated carbocycles. The van der Waals surface area contributed by atoms with Crippen molar-refractivity contribution in [2.45, 2.75) is 26.6 Å². The van der Waals surface area contributed by atoms with E-state index in [9.17, 15) is 4.79 Å². The highest BCUT2D eigenvalue weighted by Gasteiger charge is 2.20. The molecule has 0 bridgehead atoms. The molecular formula is C23H32N4O. The zero-order valence-electron chi connectivity index (χ0n) is 17.3. The number of carbonyl (C=O) groups is 1. The van der Waals surface area contributed by atoms with Crippen LogP contribution in [0.25, 0.3) is 0 Å². The van der Waals surface area contributed by atoms with E-state index in [1.165, 1.54) is 16.7 Å². The van der Waals surface area contributed by atoms with Gasteiger partial charge < -0.3 is 15.1 Å². The topological polar surface area (TPSA) is 38.8 Å². The highest BCUT2D eigenvalue weighted by molar-refractivity contribution is 5.74. The van der Waals surface area contributed by atoms with E-state index < -0.39 is 0 Å². The lowest BCUT2D eigenvalue weighted by molar-refractivity contribution is 0.135. The number of amides is 2. The fourth-order valence-electron chi connectivity index (χ4n) is 3.59. The molecular weight excluding hydrogens is 348 g/mol. The quantitative estimate of drug-likeness (QED) is 0.837. The fraction of sp³-hybridized carbons (Fsp3) is 0.435. The van der Waals surface area contributed by atoms with Crippen LogP contribution in [0.15, 0.2) is 48.5 Å². The minimum atomic E-state index is 0.0348. The molecule has 1 saturated heterocycles. The van der Waals surface area contributed by atoms with Gasteiger partial charge in [-0.3, -0.25) is 4.90 Å². The first-order valence-electron chi connectivity index (χ1n) is 10.0. The Balaban J connectivity index is 1.41. The van der Waals surface area contributed by atoms with E-state index >= 15 is 0 Å². The summed E-state index contributed by atoms with van der Waals surface area (Å²) in [6.07, 6.45) is 0. The summed E-state index contributed by atoms with van der Waals surface area (Å²) in [5.74, 6) is 0. The van der Waals surface area contributed by atoms with Gasteiger partial charge in [-0.2, -0.15) is 0 Å². The van der Waals surface area contributed by atoms with E-state index in [1.807, 2.05) is 4.90 Å². The molecule has 28 heavy (non-hydrogen) atoms. The second-order valence-electron chi connectivity index (χ2n) is 7.97. The molecule has 0 atom stereocenters. The Morgan fingerprint density at radius 3 is 2.29 bits per heavy atom. The second kappa shape index (κ2) is 9.71. The van der Waals surface area contributed by atoms with Crippen LogP contribution in [0.5, 0.6) is 0 Å². The van der Waals surface area contributed by atoms with Crippen molar-refractivity contribution < 1.29 is 4.79 Å². The van der Waals surface area contributed by atoms with Crippen LogP contribution in [0.3, 0.4) is 0 Å². The lowest BCUT2D eigenvalue weighted by atomic mass is 10.1. The van der Waals surface area contributed by atoms with Gasteiger partial charge in [-0.05, 0) is 37.7 Å². The molecule has 0 radical (unpaired) electrons. The van der Waals surface area contributed by atoms with Gasteiger partial charge in [-0.25, -0.2) is 4.79 Å².